The SMILES string of the molecule is CC1(C)Cc2cccc(Oc3ncc(Br)cc3CN)c2O1. The molecule has 0 spiro atoms. The lowest BCUT2D eigenvalue weighted by Gasteiger charge is -2.18. The van der Waals surface area contributed by atoms with E-state index in [1.807, 2.05) is 18.2 Å². The van der Waals surface area contributed by atoms with Gasteiger partial charge >= 0.3 is 0 Å². The molecule has 0 saturated carbocycles. The molecule has 0 aliphatic carbocycles. The molecular formula is C16H17BrN2O2. The average Bonchev–Trinajstić information content (AvgIpc) is 2.75. The maximum absolute atomic E-state index is 6.00. The third-order valence-electron chi connectivity index (χ3n) is 3.37. The first-order valence-electron chi connectivity index (χ1n) is 6.82. The first-order chi connectivity index (χ1) is 9.98. The zero-order valence-corrected chi connectivity index (χ0v) is 13.6. The van der Waals surface area contributed by atoms with Crippen molar-refractivity contribution in [2.24, 2.45) is 5.73 Å². The number of aromatic nitrogens is 1. The van der Waals surface area contributed by atoms with Crippen LogP contribution in [0.3, 0.4) is 0 Å². The minimum atomic E-state index is -0.203. The van der Waals surface area contributed by atoms with Crippen molar-refractivity contribution < 1.29 is 9.47 Å². The quantitative estimate of drug-likeness (QED) is 0.916. The maximum Gasteiger partial charge on any atom is 0.223 e. The van der Waals surface area contributed by atoms with Gasteiger partial charge in [0, 0.05) is 34.8 Å². The number of hydrogen-bond donors (Lipinski definition) is 1. The van der Waals surface area contributed by atoms with Gasteiger partial charge in [-0.25, -0.2) is 4.98 Å². The van der Waals surface area contributed by atoms with Gasteiger partial charge in [-0.1, -0.05) is 12.1 Å². The molecule has 0 amide bonds. The number of benzene rings is 1. The topological polar surface area (TPSA) is 57.4 Å². The third kappa shape index (κ3) is 2.89. The molecule has 0 bridgehead atoms. The van der Waals surface area contributed by atoms with E-state index in [4.69, 9.17) is 15.2 Å². The van der Waals surface area contributed by atoms with Gasteiger partial charge in [-0.2, -0.15) is 0 Å². The Morgan fingerprint density at radius 3 is 3.00 bits per heavy atom. The smallest absolute Gasteiger partial charge is 0.223 e. The summed E-state index contributed by atoms with van der Waals surface area (Å²) in [5, 5.41) is 0. The summed E-state index contributed by atoms with van der Waals surface area (Å²) in [5.74, 6) is 2.00. The molecule has 0 saturated heterocycles. The lowest BCUT2D eigenvalue weighted by Crippen LogP contribution is -2.24. The number of fused-ring (bicyclic) bond motifs is 1. The fourth-order valence-corrected chi connectivity index (χ4v) is 2.86. The van der Waals surface area contributed by atoms with Gasteiger partial charge in [-0.05, 0) is 41.9 Å². The molecule has 0 fully saturated rings. The van der Waals surface area contributed by atoms with Crippen LogP contribution >= 0.6 is 15.9 Å². The summed E-state index contributed by atoms with van der Waals surface area (Å²) >= 11 is 3.39. The zero-order valence-electron chi connectivity index (χ0n) is 12.0. The van der Waals surface area contributed by atoms with Crippen LogP contribution in [-0.4, -0.2) is 10.6 Å². The van der Waals surface area contributed by atoms with Gasteiger partial charge in [0.15, 0.2) is 11.5 Å². The summed E-state index contributed by atoms with van der Waals surface area (Å²) in [6.07, 6.45) is 2.57. The second kappa shape index (κ2) is 5.31. The van der Waals surface area contributed by atoms with Crippen LogP contribution in [0.2, 0.25) is 0 Å². The van der Waals surface area contributed by atoms with E-state index in [1.165, 1.54) is 0 Å². The molecule has 21 heavy (non-hydrogen) atoms. The van der Waals surface area contributed by atoms with Crippen molar-refractivity contribution in [1.29, 1.82) is 0 Å². The molecule has 0 radical (unpaired) electrons. The van der Waals surface area contributed by atoms with Crippen molar-refractivity contribution in [3.8, 4) is 17.4 Å². The van der Waals surface area contributed by atoms with Gasteiger partial charge in [-0.15, -0.1) is 0 Å². The number of pyridine rings is 1. The molecule has 1 aromatic carbocycles. The number of rotatable bonds is 3. The van der Waals surface area contributed by atoms with Gasteiger partial charge < -0.3 is 15.2 Å². The van der Waals surface area contributed by atoms with Crippen LogP contribution in [-0.2, 0) is 13.0 Å². The summed E-state index contributed by atoms with van der Waals surface area (Å²) in [6, 6.07) is 7.84. The lowest BCUT2D eigenvalue weighted by molar-refractivity contribution is 0.135. The molecule has 110 valence electrons. The number of ether oxygens (including phenoxy) is 2. The molecule has 1 aliphatic rings. The molecule has 3 rings (SSSR count). The Morgan fingerprint density at radius 2 is 2.24 bits per heavy atom. The molecule has 0 unspecified atom stereocenters. The number of nitrogens with two attached hydrogens (primary N) is 1. The summed E-state index contributed by atoms with van der Waals surface area (Å²) in [6.45, 7) is 4.50. The normalized spacial score (nSPS) is 15.4. The highest BCUT2D eigenvalue weighted by atomic mass is 79.9. The Labute approximate surface area is 132 Å². The average molecular weight is 349 g/mol. The fraction of sp³-hybridized carbons (Fsp3) is 0.312. The highest BCUT2D eigenvalue weighted by Crippen LogP contribution is 2.43. The van der Waals surface area contributed by atoms with E-state index in [-0.39, 0.29) is 5.60 Å². The molecule has 2 aromatic rings. The minimum absolute atomic E-state index is 0.203. The number of halogens is 1. The Kier molecular flexibility index (Phi) is 3.63. The Balaban J connectivity index is 1.96. The number of nitrogens with zero attached hydrogens (tertiary/aromatic N) is 1. The van der Waals surface area contributed by atoms with Gasteiger partial charge in [-0.3, -0.25) is 0 Å². The summed E-state index contributed by atoms with van der Waals surface area (Å²) < 4.78 is 12.8. The molecule has 4 nitrogen and oxygen atoms in total. The summed E-state index contributed by atoms with van der Waals surface area (Å²) in [5.41, 5.74) is 7.56. The maximum atomic E-state index is 6.00. The monoisotopic (exact) mass is 348 g/mol. The van der Waals surface area contributed by atoms with E-state index < -0.39 is 0 Å². The van der Waals surface area contributed by atoms with Crippen LogP contribution in [0.25, 0.3) is 0 Å². The van der Waals surface area contributed by atoms with Crippen molar-refractivity contribution in [1.82, 2.24) is 4.98 Å². The highest BCUT2D eigenvalue weighted by Gasteiger charge is 2.32. The fourth-order valence-electron chi connectivity index (χ4n) is 2.48. The summed E-state index contributed by atoms with van der Waals surface area (Å²) in [7, 11) is 0. The van der Waals surface area contributed by atoms with E-state index in [2.05, 4.69) is 40.8 Å². The minimum Gasteiger partial charge on any atom is -0.483 e. The van der Waals surface area contributed by atoms with Crippen molar-refractivity contribution in [3.63, 3.8) is 0 Å². The first-order valence-corrected chi connectivity index (χ1v) is 7.61. The zero-order chi connectivity index (χ0) is 15.0. The van der Waals surface area contributed by atoms with Crippen molar-refractivity contribution in [2.75, 3.05) is 0 Å². The molecule has 2 N–H and O–H groups in total. The van der Waals surface area contributed by atoms with E-state index in [9.17, 15) is 0 Å². The molecule has 2 heterocycles. The van der Waals surface area contributed by atoms with Crippen molar-refractivity contribution >= 4 is 15.9 Å². The van der Waals surface area contributed by atoms with Crippen LogP contribution in [0.4, 0.5) is 0 Å². The number of para-hydroxylation sites is 1. The van der Waals surface area contributed by atoms with Crippen LogP contribution in [0, 0.1) is 0 Å². The molecular weight excluding hydrogens is 332 g/mol. The standard InChI is InChI=1S/C16H17BrN2O2/c1-16(2)7-10-4-3-5-13(14(10)21-16)20-15-11(8-18)6-12(17)9-19-15/h3-6,9H,7-8,18H2,1-2H3. The lowest BCUT2D eigenvalue weighted by atomic mass is 10.0. The Bertz CT molecular complexity index is 686. The summed E-state index contributed by atoms with van der Waals surface area (Å²) in [4.78, 5) is 4.30. The largest absolute Gasteiger partial charge is 0.483 e. The van der Waals surface area contributed by atoms with Gasteiger partial charge in [0.25, 0.3) is 0 Å². The van der Waals surface area contributed by atoms with Gasteiger partial charge in [0.2, 0.25) is 5.88 Å². The molecule has 1 aromatic heterocycles. The predicted octanol–water partition coefficient (Wildman–Crippen LogP) is 3.81. The van der Waals surface area contributed by atoms with Crippen molar-refractivity contribution in [3.05, 3.63) is 46.1 Å². The van der Waals surface area contributed by atoms with Gasteiger partial charge in [0.1, 0.15) is 5.60 Å². The Hall–Kier alpha value is -1.59. The Morgan fingerprint density at radius 1 is 1.43 bits per heavy atom. The molecule has 5 heteroatoms. The van der Waals surface area contributed by atoms with Crippen LogP contribution < -0.4 is 15.2 Å². The van der Waals surface area contributed by atoms with Gasteiger partial charge in [0.05, 0.1) is 0 Å². The van der Waals surface area contributed by atoms with E-state index in [0.717, 1.165) is 27.8 Å². The van der Waals surface area contributed by atoms with Crippen LogP contribution in [0.1, 0.15) is 25.0 Å². The van der Waals surface area contributed by atoms with E-state index in [0.29, 0.717) is 18.2 Å². The predicted molar refractivity (Wildman–Crippen MR) is 84.8 cm³/mol. The number of hydrogen-bond acceptors (Lipinski definition) is 4. The second-order valence-corrected chi connectivity index (χ2v) is 6.62. The van der Waals surface area contributed by atoms with Crippen LogP contribution in [0.15, 0.2) is 34.9 Å². The molecule has 0 atom stereocenters. The van der Waals surface area contributed by atoms with E-state index in [1.54, 1.807) is 6.20 Å². The molecule has 1 aliphatic heterocycles. The van der Waals surface area contributed by atoms with E-state index >= 15 is 0 Å². The second-order valence-electron chi connectivity index (χ2n) is 5.71. The first kappa shape index (κ1) is 14.4. The van der Waals surface area contributed by atoms with Crippen LogP contribution in [0.5, 0.6) is 17.4 Å². The highest BCUT2D eigenvalue weighted by molar-refractivity contribution is 9.10. The third-order valence-corrected chi connectivity index (χ3v) is 3.81. The van der Waals surface area contributed by atoms with Crippen molar-refractivity contribution in [2.45, 2.75) is 32.4 Å².